The van der Waals surface area contributed by atoms with E-state index in [-0.39, 0.29) is 5.91 Å². The molecular formula is C14H16N2OS. The Morgan fingerprint density at radius 1 is 1.39 bits per heavy atom. The van der Waals surface area contributed by atoms with E-state index in [2.05, 4.69) is 10.3 Å². The molecule has 0 atom stereocenters. The molecule has 0 aliphatic carbocycles. The third kappa shape index (κ3) is 3.17. The number of rotatable bonds is 4. The highest BCUT2D eigenvalue weighted by Gasteiger charge is 2.09. The lowest BCUT2D eigenvalue weighted by Gasteiger charge is -2.02. The molecule has 18 heavy (non-hydrogen) atoms. The summed E-state index contributed by atoms with van der Waals surface area (Å²) in [6, 6.07) is 7.75. The number of amides is 1. The molecule has 0 fully saturated rings. The topological polar surface area (TPSA) is 42.0 Å². The highest BCUT2D eigenvalue weighted by atomic mass is 32.1. The SMILES string of the molecule is Cc1cc(C(=O)NCCc2ccccn2)sc1C. The molecule has 2 rings (SSSR count). The number of carbonyl (C=O) groups is 1. The largest absolute Gasteiger partial charge is 0.351 e. The van der Waals surface area contributed by atoms with Crippen LogP contribution in [0.3, 0.4) is 0 Å². The maximum atomic E-state index is 11.9. The fourth-order valence-electron chi connectivity index (χ4n) is 1.62. The average Bonchev–Trinajstić information content (AvgIpc) is 2.71. The molecular weight excluding hydrogens is 244 g/mol. The molecule has 0 bridgehead atoms. The monoisotopic (exact) mass is 260 g/mol. The van der Waals surface area contributed by atoms with Gasteiger partial charge in [0, 0.05) is 29.7 Å². The summed E-state index contributed by atoms with van der Waals surface area (Å²) < 4.78 is 0. The number of hydrogen-bond acceptors (Lipinski definition) is 3. The molecule has 0 aliphatic heterocycles. The van der Waals surface area contributed by atoms with Crippen molar-refractivity contribution in [2.75, 3.05) is 6.54 Å². The van der Waals surface area contributed by atoms with Gasteiger partial charge in [-0.2, -0.15) is 0 Å². The van der Waals surface area contributed by atoms with Crippen LogP contribution in [0.25, 0.3) is 0 Å². The van der Waals surface area contributed by atoms with Gasteiger partial charge in [-0.15, -0.1) is 11.3 Å². The van der Waals surface area contributed by atoms with Crippen LogP contribution in [-0.2, 0) is 6.42 Å². The van der Waals surface area contributed by atoms with Crippen molar-refractivity contribution in [2.45, 2.75) is 20.3 Å². The van der Waals surface area contributed by atoms with Crippen LogP contribution in [0.1, 0.15) is 25.8 Å². The fourth-order valence-corrected chi connectivity index (χ4v) is 2.57. The van der Waals surface area contributed by atoms with E-state index in [1.165, 1.54) is 10.4 Å². The Hall–Kier alpha value is -1.68. The van der Waals surface area contributed by atoms with E-state index in [0.717, 1.165) is 17.0 Å². The summed E-state index contributed by atoms with van der Waals surface area (Å²) in [5.41, 5.74) is 2.17. The van der Waals surface area contributed by atoms with E-state index in [4.69, 9.17) is 0 Å². The Balaban J connectivity index is 1.85. The number of hydrogen-bond donors (Lipinski definition) is 1. The maximum Gasteiger partial charge on any atom is 0.261 e. The van der Waals surface area contributed by atoms with Crippen LogP contribution >= 0.6 is 11.3 Å². The third-order valence-corrected chi connectivity index (χ3v) is 3.93. The Morgan fingerprint density at radius 2 is 2.22 bits per heavy atom. The Bertz CT molecular complexity index is 514. The van der Waals surface area contributed by atoms with Crippen molar-refractivity contribution in [3.8, 4) is 0 Å². The van der Waals surface area contributed by atoms with Crippen molar-refractivity contribution in [1.82, 2.24) is 10.3 Å². The van der Waals surface area contributed by atoms with Gasteiger partial charge in [-0.3, -0.25) is 9.78 Å². The van der Waals surface area contributed by atoms with E-state index in [1.807, 2.05) is 38.1 Å². The minimum Gasteiger partial charge on any atom is -0.351 e. The number of aryl methyl sites for hydroxylation is 2. The lowest BCUT2D eigenvalue weighted by molar-refractivity contribution is 0.0958. The van der Waals surface area contributed by atoms with Crippen LogP contribution in [0.15, 0.2) is 30.5 Å². The minimum absolute atomic E-state index is 0.00660. The second-order valence-electron chi connectivity index (χ2n) is 4.18. The van der Waals surface area contributed by atoms with Crippen LogP contribution in [-0.4, -0.2) is 17.4 Å². The predicted octanol–water partition coefficient (Wildman–Crippen LogP) is 2.73. The lowest BCUT2D eigenvalue weighted by atomic mass is 10.2. The van der Waals surface area contributed by atoms with Crippen LogP contribution in [0.2, 0.25) is 0 Å². The fraction of sp³-hybridized carbons (Fsp3) is 0.286. The summed E-state index contributed by atoms with van der Waals surface area (Å²) in [5, 5.41) is 2.92. The van der Waals surface area contributed by atoms with Crippen molar-refractivity contribution >= 4 is 17.2 Å². The second-order valence-corrected chi connectivity index (χ2v) is 5.43. The summed E-state index contributed by atoms with van der Waals surface area (Å²) in [5.74, 6) is 0.00660. The van der Waals surface area contributed by atoms with Crippen LogP contribution in [0, 0.1) is 13.8 Å². The van der Waals surface area contributed by atoms with Gasteiger partial charge in [-0.05, 0) is 37.6 Å². The first-order valence-corrected chi connectivity index (χ1v) is 6.73. The molecule has 2 aromatic heterocycles. The number of aromatic nitrogens is 1. The summed E-state index contributed by atoms with van der Waals surface area (Å²) >= 11 is 1.54. The first kappa shape index (κ1) is 12.8. The Kier molecular flexibility index (Phi) is 4.10. The number of nitrogens with zero attached hydrogens (tertiary/aromatic N) is 1. The molecule has 1 N–H and O–H groups in total. The predicted molar refractivity (Wildman–Crippen MR) is 74.1 cm³/mol. The standard InChI is InChI=1S/C14H16N2OS/c1-10-9-13(18-11(10)2)14(17)16-8-6-12-5-3-4-7-15-12/h3-5,7,9H,6,8H2,1-2H3,(H,16,17). The van der Waals surface area contributed by atoms with Crippen molar-refractivity contribution in [2.24, 2.45) is 0 Å². The Labute approximate surface area is 111 Å². The van der Waals surface area contributed by atoms with Crippen molar-refractivity contribution in [1.29, 1.82) is 0 Å². The second kappa shape index (κ2) is 5.78. The Morgan fingerprint density at radius 3 is 2.83 bits per heavy atom. The van der Waals surface area contributed by atoms with E-state index in [1.54, 1.807) is 17.5 Å². The first-order chi connectivity index (χ1) is 8.66. The molecule has 0 aliphatic rings. The molecule has 2 aromatic rings. The maximum absolute atomic E-state index is 11.9. The van der Waals surface area contributed by atoms with E-state index >= 15 is 0 Å². The van der Waals surface area contributed by atoms with Gasteiger partial charge in [0.1, 0.15) is 0 Å². The third-order valence-electron chi connectivity index (χ3n) is 2.78. The number of pyridine rings is 1. The number of nitrogens with one attached hydrogen (secondary N) is 1. The molecule has 4 heteroatoms. The molecule has 0 saturated heterocycles. The normalized spacial score (nSPS) is 10.3. The molecule has 0 aromatic carbocycles. The molecule has 3 nitrogen and oxygen atoms in total. The number of carbonyl (C=O) groups excluding carboxylic acids is 1. The van der Waals surface area contributed by atoms with Gasteiger partial charge in [0.15, 0.2) is 0 Å². The van der Waals surface area contributed by atoms with Crippen molar-refractivity contribution < 1.29 is 4.79 Å². The highest BCUT2D eigenvalue weighted by molar-refractivity contribution is 7.14. The molecule has 0 spiro atoms. The van der Waals surface area contributed by atoms with E-state index < -0.39 is 0 Å². The van der Waals surface area contributed by atoms with Gasteiger partial charge >= 0.3 is 0 Å². The van der Waals surface area contributed by atoms with Crippen LogP contribution < -0.4 is 5.32 Å². The van der Waals surface area contributed by atoms with E-state index in [9.17, 15) is 4.79 Å². The zero-order chi connectivity index (χ0) is 13.0. The first-order valence-electron chi connectivity index (χ1n) is 5.92. The summed E-state index contributed by atoms with van der Waals surface area (Å²) in [4.78, 5) is 18.1. The smallest absolute Gasteiger partial charge is 0.261 e. The molecule has 94 valence electrons. The van der Waals surface area contributed by atoms with Gasteiger partial charge in [0.2, 0.25) is 0 Å². The molecule has 1 amide bonds. The van der Waals surface area contributed by atoms with Crippen LogP contribution in [0.5, 0.6) is 0 Å². The van der Waals surface area contributed by atoms with E-state index in [0.29, 0.717) is 6.54 Å². The van der Waals surface area contributed by atoms with Gasteiger partial charge < -0.3 is 5.32 Å². The van der Waals surface area contributed by atoms with Gasteiger partial charge in [-0.25, -0.2) is 0 Å². The highest BCUT2D eigenvalue weighted by Crippen LogP contribution is 2.20. The molecule has 0 saturated carbocycles. The van der Waals surface area contributed by atoms with Crippen molar-refractivity contribution in [3.05, 3.63) is 51.5 Å². The van der Waals surface area contributed by atoms with Crippen molar-refractivity contribution in [3.63, 3.8) is 0 Å². The minimum atomic E-state index is 0.00660. The molecule has 0 unspecified atom stereocenters. The zero-order valence-electron chi connectivity index (χ0n) is 10.6. The summed E-state index contributed by atoms with van der Waals surface area (Å²) in [7, 11) is 0. The lowest BCUT2D eigenvalue weighted by Crippen LogP contribution is -2.25. The van der Waals surface area contributed by atoms with Gasteiger partial charge in [0.05, 0.1) is 4.88 Å². The average molecular weight is 260 g/mol. The van der Waals surface area contributed by atoms with Gasteiger partial charge in [-0.1, -0.05) is 6.07 Å². The number of thiophene rings is 1. The molecule has 0 radical (unpaired) electrons. The molecule has 2 heterocycles. The van der Waals surface area contributed by atoms with Gasteiger partial charge in [0.25, 0.3) is 5.91 Å². The quantitative estimate of drug-likeness (QED) is 0.918. The summed E-state index contributed by atoms with van der Waals surface area (Å²) in [6.45, 7) is 4.67. The zero-order valence-corrected chi connectivity index (χ0v) is 11.4. The van der Waals surface area contributed by atoms with Crippen LogP contribution in [0.4, 0.5) is 0 Å². The summed E-state index contributed by atoms with van der Waals surface area (Å²) in [6.07, 6.45) is 2.53.